The van der Waals surface area contributed by atoms with E-state index in [1.54, 1.807) is 0 Å². The van der Waals surface area contributed by atoms with Gasteiger partial charge in [-0.2, -0.15) is 0 Å². The number of hydrogen-bond acceptors (Lipinski definition) is 1. The van der Waals surface area contributed by atoms with Crippen LogP contribution in [0.5, 0.6) is 0 Å². The first-order valence-electron chi connectivity index (χ1n) is 4.00. The van der Waals surface area contributed by atoms with Crippen LogP contribution in [0.3, 0.4) is 0 Å². The van der Waals surface area contributed by atoms with Crippen LogP contribution in [0, 0.1) is 0 Å². The van der Waals surface area contributed by atoms with Gasteiger partial charge in [0.1, 0.15) is 0 Å². The molecule has 1 atom stereocenters. The summed E-state index contributed by atoms with van der Waals surface area (Å²) in [6.45, 7) is 2.50. The molecule has 3 nitrogen and oxygen atoms in total. The van der Waals surface area contributed by atoms with Crippen molar-refractivity contribution in [3.63, 3.8) is 0 Å². The summed E-state index contributed by atoms with van der Waals surface area (Å²) in [7, 11) is 0. The number of nitrogens with zero attached hydrogens (tertiary/aromatic N) is 3. The summed E-state index contributed by atoms with van der Waals surface area (Å²) in [5.41, 5.74) is 9.28. The molecule has 1 unspecified atom stereocenters. The summed E-state index contributed by atoms with van der Waals surface area (Å²) in [5.74, 6) is 0.244. The van der Waals surface area contributed by atoms with Crippen molar-refractivity contribution in [1.82, 2.24) is 0 Å². The number of rotatable bonds is 3. The Morgan fingerprint density at radius 2 is 2.08 bits per heavy atom. The molecule has 4 heteroatoms. The van der Waals surface area contributed by atoms with Crippen molar-refractivity contribution in [2.24, 2.45) is 5.11 Å². The van der Waals surface area contributed by atoms with Gasteiger partial charge in [0.05, 0.1) is 0 Å². The Kier molecular flexibility index (Phi) is 3.62. The molecule has 1 aromatic carbocycles. The summed E-state index contributed by atoms with van der Waals surface area (Å²) in [5, 5.41) is 4.24. The molecule has 0 heterocycles. The van der Waals surface area contributed by atoms with Crippen molar-refractivity contribution in [2.75, 3.05) is 6.54 Å². The molecule has 0 saturated carbocycles. The van der Waals surface area contributed by atoms with Gasteiger partial charge in [0.2, 0.25) is 0 Å². The summed E-state index contributed by atoms with van der Waals surface area (Å²) >= 11 is 5.74. The molecule has 0 spiro atoms. The highest BCUT2D eigenvalue weighted by Gasteiger charge is 2.02. The Morgan fingerprint density at radius 1 is 1.46 bits per heavy atom. The van der Waals surface area contributed by atoms with E-state index in [0.717, 1.165) is 10.6 Å². The number of halogens is 1. The average molecular weight is 196 g/mol. The van der Waals surface area contributed by atoms with Crippen LogP contribution in [0.25, 0.3) is 10.4 Å². The van der Waals surface area contributed by atoms with Gasteiger partial charge in [0.15, 0.2) is 0 Å². The molecule has 0 aliphatic heterocycles. The van der Waals surface area contributed by atoms with Gasteiger partial charge < -0.3 is 0 Å². The topological polar surface area (TPSA) is 48.8 Å². The fourth-order valence-electron chi connectivity index (χ4n) is 1.06. The second-order valence-corrected chi connectivity index (χ2v) is 3.30. The van der Waals surface area contributed by atoms with E-state index >= 15 is 0 Å². The molecule has 0 amide bonds. The van der Waals surface area contributed by atoms with Crippen molar-refractivity contribution in [2.45, 2.75) is 12.8 Å². The van der Waals surface area contributed by atoms with Crippen LogP contribution in [0.2, 0.25) is 5.02 Å². The van der Waals surface area contributed by atoms with Crippen LogP contribution in [0.1, 0.15) is 18.4 Å². The van der Waals surface area contributed by atoms with E-state index in [9.17, 15) is 0 Å². The molecular weight excluding hydrogens is 186 g/mol. The predicted octanol–water partition coefficient (Wildman–Crippen LogP) is 3.75. The highest BCUT2D eigenvalue weighted by atomic mass is 35.5. The van der Waals surface area contributed by atoms with Gasteiger partial charge in [-0.05, 0) is 29.1 Å². The predicted molar refractivity (Wildman–Crippen MR) is 53.9 cm³/mol. The lowest BCUT2D eigenvalue weighted by molar-refractivity contribution is 0.769. The summed E-state index contributed by atoms with van der Waals surface area (Å²) in [4.78, 5) is 2.72. The van der Waals surface area contributed by atoms with E-state index in [4.69, 9.17) is 17.1 Å². The smallest absolute Gasteiger partial charge is 0.0406 e. The van der Waals surface area contributed by atoms with Crippen LogP contribution < -0.4 is 0 Å². The Morgan fingerprint density at radius 3 is 2.62 bits per heavy atom. The number of benzene rings is 1. The van der Waals surface area contributed by atoms with E-state index in [-0.39, 0.29) is 5.92 Å². The molecule has 0 aromatic heterocycles. The fourth-order valence-corrected chi connectivity index (χ4v) is 1.18. The SMILES string of the molecule is CC(CN=[N+]=[N-])c1ccc(Cl)cc1. The molecule has 1 aromatic rings. The first-order chi connectivity index (χ1) is 6.24. The van der Waals surface area contributed by atoms with Gasteiger partial charge in [0, 0.05) is 16.5 Å². The average Bonchev–Trinajstić information content (AvgIpc) is 2.15. The van der Waals surface area contributed by atoms with Gasteiger partial charge in [-0.15, -0.1) is 0 Å². The van der Waals surface area contributed by atoms with Gasteiger partial charge in [-0.1, -0.05) is 35.8 Å². The van der Waals surface area contributed by atoms with Crippen molar-refractivity contribution in [1.29, 1.82) is 0 Å². The molecule has 0 N–H and O–H groups in total. The van der Waals surface area contributed by atoms with Crippen molar-refractivity contribution in [3.8, 4) is 0 Å². The maximum absolute atomic E-state index is 8.14. The molecule has 0 saturated heterocycles. The molecular formula is C9H10ClN3. The van der Waals surface area contributed by atoms with Crippen molar-refractivity contribution >= 4 is 11.6 Å². The Bertz CT molecular complexity index is 314. The standard InChI is InChI=1S/C9H10ClN3/c1-7(6-12-13-11)8-2-4-9(10)5-3-8/h2-5,7H,6H2,1H3. The minimum absolute atomic E-state index is 0.244. The molecule has 0 bridgehead atoms. The van der Waals surface area contributed by atoms with E-state index in [2.05, 4.69) is 10.0 Å². The fraction of sp³-hybridized carbons (Fsp3) is 0.333. The zero-order valence-corrected chi connectivity index (χ0v) is 8.07. The zero-order valence-electron chi connectivity index (χ0n) is 7.31. The summed E-state index contributed by atoms with van der Waals surface area (Å²) in [6, 6.07) is 7.56. The quantitative estimate of drug-likeness (QED) is 0.401. The Balaban J connectivity index is 2.71. The molecule has 0 aliphatic carbocycles. The van der Waals surface area contributed by atoms with Crippen LogP contribution in [0.4, 0.5) is 0 Å². The van der Waals surface area contributed by atoms with Crippen LogP contribution in [0.15, 0.2) is 29.4 Å². The molecule has 68 valence electrons. The Labute approximate surface area is 82.0 Å². The summed E-state index contributed by atoms with van der Waals surface area (Å²) in [6.07, 6.45) is 0. The largest absolute Gasteiger partial charge is 0.0934 e. The third-order valence-corrected chi connectivity index (χ3v) is 2.11. The van der Waals surface area contributed by atoms with Crippen LogP contribution >= 0.6 is 11.6 Å². The molecule has 13 heavy (non-hydrogen) atoms. The zero-order chi connectivity index (χ0) is 9.68. The maximum Gasteiger partial charge on any atom is 0.0406 e. The maximum atomic E-state index is 8.14. The van der Waals surface area contributed by atoms with E-state index in [1.807, 2.05) is 31.2 Å². The highest BCUT2D eigenvalue weighted by Crippen LogP contribution is 2.18. The van der Waals surface area contributed by atoms with Crippen LogP contribution in [-0.2, 0) is 0 Å². The van der Waals surface area contributed by atoms with E-state index < -0.39 is 0 Å². The van der Waals surface area contributed by atoms with E-state index in [0.29, 0.717) is 6.54 Å². The molecule has 0 radical (unpaired) electrons. The normalized spacial score (nSPS) is 11.8. The second kappa shape index (κ2) is 4.75. The lowest BCUT2D eigenvalue weighted by Crippen LogP contribution is -1.96. The van der Waals surface area contributed by atoms with Gasteiger partial charge in [0.25, 0.3) is 0 Å². The lowest BCUT2D eigenvalue weighted by atomic mass is 10.0. The van der Waals surface area contributed by atoms with Crippen LogP contribution in [-0.4, -0.2) is 6.54 Å². The second-order valence-electron chi connectivity index (χ2n) is 2.87. The molecule has 1 rings (SSSR count). The van der Waals surface area contributed by atoms with E-state index in [1.165, 1.54) is 0 Å². The molecule has 0 fully saturated rings. The third-order valence-electron chi connectivity index (χ3n) is 1.86. The van der Waals surface area contributed by atoms with Gasteiger partial charge in [-0.25, -0.2) is 0 Å². The first-order valence-corrected chi connectivity index (χ1v) is 4.38. The minimum atomic E-state index is 0.244. The molecule has 0 aliphatic rings. The van der Waals surface area contributed by atoms with Gasteiger partial charge >= 0.3 is 0 Å². The highest BCUT2D eigenvalue weighted by molar-refractivity contribution is 6.30. The van der Waals surface area contributed by atoms with Crippen molar-refractivity contribution < 1.29 is 0 Å². The van der Waals surface area contributed by atoms with Crippen molar-refractivity contribution in [3.05, 3.63) is 45.3 Å². The third kappa shape index (κ3) is 2.98. The summed E-state index contributed by atoms with van der Waals surface area (Å²) < 4.78 is 0. The lowest BCUT2D eigenvalue weighted by Gasteiger charge is -2.07. The monoisotopic (exact) mass is 195 g/mol. The number of hydrogen-bond donors (Lipinski definition) is 0. The number of azide groups is 1. The Hall–Kier alpha value is -1.18. The van der Waals surface area contributed by atoms with Gasteiger partial charge in [-0.3, -0.25) is 0 Å². The minimum Gasteiger partial charge on any atom is -0.0934 e. The first kappa shape index (κ1) is 9.90.